The number of thioether (sulfide) groups is 1. The Labute approximate surface area is 135 Å². The molecule has 2 aliphatic rings. The van der Waals surface area contributed by atoms with E-state index in [0.717, 1.165) is 42.5 Å². The SMILES string of the molecule is CCc1cc(=O)n2c(n1)SCC2CC(=O)N1CCCC(C)C1. The summed E-state index contributed by atoms with van der Waals surface area (Å²) in [6.45, 7) is 5.91. The number of hydrogen-bond acceptors (Lipinski definition) is 4. The lowest BCUT2D eigenvalue weighted by molar-refractivity contribution is -0.133. The Morgan fingerprint density at radius 1 is 1.50 bits per heavy atom. The number of rotatable bonds is 3. The molecule has 0 saturated carbocycles. The Morgan fingerprint density at radius 3 is 3.05 bits per heavy atom. The normalized spacial score (nSPS) is 24.4. The van der Waals surface area contributed by atoms with Crippen molar-refractivity contribution in [2.24, 2.45) is 5.92 Å². The van der Waals surface area contributed by atoms with Gasteiger partial charge in [0.2, 0.25) is 5.91 Å². The zero-order valence-electron chi connectivity index (χ0n) is 13.2. The lowest BCUT2D eigenvalue weighted by atomic mass is 10.00. The number of hydrogen-bond donors (Lipinski definition) is 0. The third kappa shape index (κ3) is 3.07. The Morgan fingerprint density at radius 2 is 2.32 bits per heavy atom. The highest BCUT2D eigenvalue weighted by atomic mass is 32.2. The highest BCUT2D eigenvalue weighted by molar-refractivity contribution is 7.99. The molecule has 3 rings (SSSR count). The van der Waals surface area contributed by atoms with Crippen LogP contribution >= 0.6 is 11.8 Å². The second-order valence-electron chi connectivity index (χ2n) is 6.35. The van der Waals surface area contributed by atoms with E-state index in [1.807, 2.05) is 11.8 Å². The smallest absolute Gasteiger partial charge is 0.254 e. The third-order valence-electron chi connectivity index (χ3n) is 4.53. The molecule has 3 heterocycles. The molecule has 1 saturated heterocycles. The van der Waals surface area contributed by atoms with Crippen LogP contribution in [-0.2, 0) is 11.2 Å². The van der Waals surface area contributed by atoms with E-state index in [-0.39, 0.29) is 17.5 Å². The van der Waals surface area contributed by atoms with Crippen LogP contribution in [-0.4, -0.2) is 39.2 Å². The first-order chi connectivity index (χ1) is 10.6. The molecular weight excluding hydrogens is 298 g/mol. The molecule has 0 aliphatic carbocycles. The van der Waals surface area contributed by atoms with E-state index < -0.39 is 0 Å². The second-order valence-corrected chi connectivity index (χ2v) is 7.34. The quantitative estimate of drug-likeness (QED) is 0.800. The first-order valence-corrected chi connectivity index (χ1v) is 9.10. The van der Waals surface area contributed by atoms with Crippen molar-refractivity contribution < 1.29 is 4.79 Å². The summed E-state index contributed by atoms with van der Waals surface area (Å²) in [6.07, 6.45) is 3.47. The molecule has 5 nitrogen and oxygen atoms in total. The first-order valence-electron chi connectivity index (χ1n) is 8.11. The van der Waals surface area contributed by atoms with Crippen LogP contribution in [0.5, 0.6) is 0 Å². The Balaban J connectivity index is 1.74. The number of fused-ring (bicyclic) bond motifs is 1. The molecule has 0 spiro atoms. The summed E-state index contributed by atoms with van der Waals surface area (Å²) in [4.78, 5) is 31.3. The van der Waals surface area contributed by atoms with Crippen molar-refractivity contribution in [3.8, 4) is 0 Å². The Hall–Kier alpha value is -1.30. The average molecular weight is 321 g/mol. The molecule has 22 heavy (non-hydrogen) atoms. The van der Waals surface area contributed by atoms with Gasteiger partial charge in [-0.05, 0) is 25.2 Å². The van der Waals surface area contributed by atoms with Gasteiger partial charge >= 0.3 is 0 Å². The van der Waals surface area contributed by atoms with Crippen LogP contribution in [0.3, 0.4) is 0 Å². The van der Waals surface area contributed by atoms with E-state index in [4.69, 9.17) is 0 Å². The van der Waals surface area contributed by atoms with Crippen LogP contribution in [0, 0.1) is 5.92 Å². The van der Waals surface area contributed by atoms with E-state index in [2.05, 4.69) is 11.9 Å². The molecule has 120 valence electrons. The first kappa shape index (κ1) is 15.6. The van der Waals surface area contributed by atoms with Gasteiger partial charge < -0.3 is 4.90 Å². The average Bonchev–Trinajstić information content (AvgIpc) is 2.90. The van der Waals surface area contributed by atoms with Gasteiger partial charge in [0.1, 0.15) is 0 Å². The molecule has 2 unspecified atom stereocenters. The Kier molecular flexibility index (Phi) is 4.57. The summed E-state index contributed by atoms with van der Waals surface area (Å²) in [5, 5.41) is 0.772. The molecule has 2 aliphatic heterocycles. The number of nitrogens with zero attached hydrogens (tertiary/aromatic N) is 3. The van der Waals surface area contributed by atoms with Crippen molar-refractivity contribution >= 4 is 17.7 Å². The number of carbonyl (C=O) groups excluding carboxylic acids is 1. The lowest BCUT2D eigenvalue weighted by Gasteiger charge is -2.31. The van der Waals surface area contributed by atoms with Crippen LogP contribution in [0.25, 0.3) is 0 Å². The van der Waals surface area contributed by atoms with Crippen molar-refractivity contribution in [2.75, 3.05) is 18.8 Å². The van der Waals surface area contributed by atoms with Crippen molar-refractivity contribution in [2.45, 2.75) is 50.7 Å². The number of amides is 1. The largest absolute Gasteiger partial charge is 0.342 e. The van der Waals surface area contributed by atoms with Gasteiger partial charge in [0.05, 0.1) is 6.04 Å². The zero-order chi connectivity index (χ0) is 15.7. The molecule has 1 aromatic rings. The standard InChI is InChI=1S/C16H23N3O2S/c1-3-12-7-15(21)19-13(10-22-16(19)17-12)8-14(20)18-6-4-5-11(2)9-18/h7,11,13H,3-6,8-10H2,1-2H3. The van der Waals surface area contributed by atoms with Gasteiger partial charge in [-0.1, -0.05) is 25.6 Å². The van der Waals surface area contributed by atoms with E-state index in [0.29, 0.717) is 12.3 Å². The van der Waals surface area contributed by atoms with E-state index in [1.54, 1.807) is 22.4 Å². The van der Waals surface area contributed by atoms with Gasteiger partial charge in [-0.2, -0.15) is 0 Å². The van der Waals surface area contributed by atoms with Crippen molar-refractivity contribution in [1.29, 1.82) is 0 Å². The minimum Gasteiger partial charge on any atom is -0.342 e. The molecule has 0 radical (unpaired) electrons. The van der Waals surface area contributed by atoms with Gasteiger partial charge in [0, 0.05) is 37.0 Å². The van der Waals surface area contributed by atoms with Crippen LogP contribution in [0.15, 0.2) is 16.0 Å². The zero-order valence-corrected chi connectivity index (χ0v) is 14.1. The maximum atomic E-state index is 12.5. The van der Waals surface area contributed by atoms with Gasteiger partial charge in [-0.15, -0.1) is 0 Å². The fraction of sp³-hybridized carbons (Fsp3) is 0.688. The van der Waals surface area contributed by atoms with Crippen molar-refractivity contribution in [3.05, 3.63) is 22.1 Å². The highest BCUT2D eigenvalue weighted by Crippen LogP contribution is 2.32. The molecule has 0 N–H and O–H groups in total. The monoisotopic (exact) mass is 321 g/mol. The molecular formula is C16H23N3O2S. The van der Waals surface area contributed by atoms with Gasteiger partial charge in [-0.25, -0.2) is 4.98 Å². The molecule has 1 fully saturated rings. The third-order valence-corrected chi connectivity index (χ3v) is 5.62. The maximum Gasteiger partial charge on any atom is 0.254 e. The summed E-state index contributed by atoms with van der Waals surface area (Å²) < 4.78 is 1.72. The molecule has 0 bridgehead atoms. The summed E-state index contributed by atoms with van der Waals surface area (Å²) in [5.41, 5.74) is 0.817. The van der Waals surface area contributed by atoms with Crippen molar-refractivity contribution in [3.63, 3.8) is 0 Å². The van der Waals surface area contributed by atoms with Gasteiger partial charge in [-0.3, -0.25) is 14.2 Å². The molecule has 6 heteroatoms. The molecule has 1 amide bonds. The highest BCUT2D eigenvalue weighted by Gasteiger charge is 2.30. The van der Waals surface area contributed by atoms with Crippen LogP contribution in [0.2, 0.25) is 0 Å². The maximum absolute atomic E-state index is 12.5. The van der Waals surface area contributed by atoms with Crippen LogP contribution in [0.1, 0.15) is 44.8 Å². The number of aromatic nitrogens is 2. The van der Waals surface area contributed by atoms with Gasteiger partial charge in [0.15, 0.2) is 5.16 Å². The van der Waals surface area contributed by atoms with E-state index >= 15 is 0 Å². The Bertz CT molecular complexity index is 628. The second kappa shape index (κ2) is 6.44. The molecule has 0 aromatic carbocycles. The molecule has 2 atom stereocenters. The number of piperidine rings is 1. The van der Waals surface area contributed by atoms with Crippen LogP contribution in [0.4, 0.5) is 0 Å². The minimum absolute atomic E-state index is 0.0170. The summed E-state index contributed by atoms with van der Waals surface area (Å²) in [7, 11) is 0. The minimum atomic E-state index is -0.0457. The predicted octanol–water partition coefficient (Wildman–Crippen LogP) is 2.10. The fourth-order valence-corrected chi connectivity index (χ4v) is 4.44. The van der Waals surface area contributed by atoms with E-state index in [1.165, 1.54) is 6.42 Å². The van der Waals surface area contributed by atoms with Gasteiger partial charge in [0.25, 0.3) is 5.56 Å². The number of carbonyl (C=O) groups is 1. The number of aryl methyl sites for hydroxylation is 1. The predicted molar refractivity (Wildman–Crippen MR) is 87.2 cm³/mol. The molecule has 1 aromatic heterocycles. The fourth-order valence-electron chi connectivity index (χ4n) is 3.28. The summed E-state index contributed by atoms with van der Waals surface area (Å²) in [6, 6.07) is 1.56. The van der Waals surface area contributed by atoms with Crippen LogP contribution < -0.4 is 5.56 Å². The number of likely N-dealkylation sites (tertiary alicyclic amines) is 1. The summed E-state index contributed by atoms with van der Waals surface area (Å²) in [5.74, 6) is 1.53. The lowest BCUT2D eigenvalue weighted by Crippen LogP contribution is -2.40. The van der Waals surface area contributed by atoms with Crippen molar-refractivity contribution in [1.82, 2.24) is 14.5 Å². The summed E-state index contributed by atoms with van der Waals surface area (Å²) >= 11 is 1.59. The topological polar surface area (TPSA) is 55.2 Å². The van der Waals surface area contributed by atoms with E-state index in [9.17, 15) is 9.59 Å².